The standard InChI is InChI=1S/C10H14N2O2/c1-8(2)9-6-11-12(7-9)5-3-4-10(13)14/h6-7H,1,3-5H2,2H3,(H,13,14). The minimum Gasteiger partial charge on any atom is -0.481 e. The molecule has 0 spiro atoms. The summed E-state index contributed by atoms with van der Waals surface area (Å²) in [6.45, 7) is 6.35. The molecule has 0 radical (unpaired) electrons. The van der Waals surface area contributed by atoms with E-state index in [1.807, 2.05) is 13.1 Å². The van der Waals surface area contributed by atoms with Crippen LogP contribution >= 0.6 is 0 Å². The number of aryl methyl sites for hydroxylation is 1. The fourth-order valence-electron chi connectivity index (χ4n) is 1.10. The number of rotatable bonds is 5. The summed E-state index contributed by atoms with van der Waals surface area (Å²) < 4.78 is 1.74. The van der Waals surface area contributed by atoms with E-state index in [0.29, 0.717) is 13.0 Å². The van der Waals surface area contributed by atoms with Crippen molar-refractivity contribution >= 4 is 11.5 Å². The molecule has 0 fully saturated rings. The molecule has 0 bridgehead atoms. The second-order valence-corrected chi connectivity index (χ2v) is 3.27. The van der Waals surface area contributed by atoms with Gasteiger partial charge in [-0.05, 0) is 18.9 Å². The fourth-order valence-corrected chi connectivity index (χ4v) is 1.10. The number of hydrogen-bond acceptors (Lipinski definition) is 2. The van der Waals surface area contributed by atoms with Crippen LogP contribution in [0.25, 0.3) is 5.57 Å². The summed E-state index contributed by atoms with van der Waals surface area (Å²) in [6, 6.07) is 0. The summed E-state index contributed by atoms with van der Waals surface area (Å²) in [7, 11) is 0. The summed E-state index contributed by atoms with van der Waals surface area (Å²) >= 11 is 0. The van der Waals surface area contributed by atoms with Gasteiger partial charge in [-0.25, -0.2) is 0 Å². The van der Waals surface area contributed by atoms with E-state index in [-0.39, 0.29) is 6.42 Å². The lowest BCUT2D eigenvalue weighted by Gasteiger charge is -1.98. The van der Waals surface area contributed by atoms with E-state index in [9.17, 15) is 4.79 Å². The third-order valence-electron chi connectivity index (χ3n) is 1.90. The molecule has 1 rings (SSSR count). The minimum absolute atomic E-state index is 0.183. The molecule has 1 heterocycles. The maximum atomic E-state index is 10.3. The minimum atomic E-state index is -0.766. The largest absolute Gasteiger partial charge is 0.481 e. The van der Waals surface area contributed by atoms with E-state index in [0.717, 1.165) is 11.1 Å². The average Bonchev–Trinajstić information content (AvgIpc) is 2.52. The van der Waals surface area contributed by atoms with E-state index in [1.165, 1.54) is 0 Å². The van der Waals surface area contributed by atoms with Gasteiger partial charge in [0.2, 0.25) is 0 Å². The predicted molar refractivity (Wildman–Crippen MR) is 53.8 cm³/mol. The van der Waals surface area contributed by atoms with Crippen LogP contribution in [0.4, 0.5) is 0 Å². The molecule has 0 amide bonds. The topological polar surface area (TPSA) is 55.1 Å². The molecule has 14 heavy (non-hydrogen) atoms. The van der Waals surface area contributed by atoms with Crippen LogP contribution in [-0.4, -0.2) is 20.9 Å². The van der Waals surface area contributed by atoms with Crippen molar-refractivity contribution in [3.63, 3.8) is 0 Å². The lowest BCUT2D eigenvalue weighted by Crippen LogP contribution is -2.02. The third-order valence-corrected chi connectivity index (χ3v) is 1.90. The number of aromatic nitrogens is 2. The van der Waals surface area contributed by atoms with Crippen molar-refractivity contribution in [2.45, 2.75) is 26.3 Å². The van der Waals surface area contributed by atoms with E-state index in [4.69, 9.17) is 5.11 Å². The van der Waals surface area contributed by atoms with Crippen molar-refractivity contribution in [2.75, 3.05) is 0 Å². The first kappa shape index (κ1) is 10.5. The van der Waals surface area contributed by atoms with Gasteiger partial charge in [0, 0.05) is 24.7 Å². The zero-order valence-corrected chi connectivity index (χ0v) is 8.23. The fraction of sp³-hybridized carbons (Fsp3) is 0.400. The first-order chi connectivity index (χ1) is 6.59. The van der Waals surface area contributed by atoms with Crippen molar-refractivity contribution in [3.05, 3.63) is 24.5 Å². The quantitative estimate of drug-likeness (QED) is 0.777. The van der Waals surface area contributed by atoms with E-state index >= 15 is 0 Å². The molecule has 0 atom stereocenters. The summed E-state index contributed by atoms with van der Waals surface area (Å²) in [5, 5.41) is 12.5. The van der Waals surface area contributed by atoms with Gasteiger partial charge in [0.25, 0.3) is 0 Å². The SMILES string of the molecule is C=C(C)c1cnn(CCCC(=O)O)c1. The van der Waals surface area contributed by atoms with Gasteiger partial charge in [0.15, 0.2) is 0 Å². The predicted octanol–water partition coefficient (Wildman–Crippen LogP) is 1.78. The van der Waals surface area contributed by atoms with Crippen LogP contribution < -0.4 is 0 Å². The molecule has 0 aromatic carbocycles. The Labute approximate surface area is 82.9 Å². The second-order valence-electron chi connectivity index (χ2n) is 3.27. The van der Waals surface area contributed by atoms with Gasteiger partial charge in [0.05, 0.1) is 6.20 Å². The number of nitrogens with zero attached hydrogens (tertiary/aromatic N) is 2. The summed E-state index contributed by atoms with van der Waals surface area (Å²) in [5.41, 5.74) is 1.97. The Kier molecular flexibility index (Phi) is 3.45. The smallest absolute Gasteiger partial charge is 0.303 e. The molecule has 0 saturated carbocycles. The van der Waals surface area contributed by atoms with Crippen LogP contribution in [-0.2, 0) is 11.3 Å². The normalized spacial score (nSPS) is 10.1. The average molecular weight is 194 g/mol. The van der Waals surface area contributed by atoms with Gasteiger partial charge >= 0.3 is 5.97 Å². The monoisotopic (exact) mass is 194 g/mol. The number of carboxylic acids is 1. The van der Waals surface area contributed by atoms with E-state index in [2.05, 4.69) is 11.7 Å². The van der Waals surface area contributed by atoms with Crippen molar-refractivity contribution in [1.29, 1.82) is 0 Å². The molecule has 0 saturated heterocycles. The molecule has 0 unspecified atom stereocenters. The maximum absolute atomic E-state index is 10.3. The highest BCUT2D eigenvalue weighted by Gasteiger charge is 2.00. The van der Waals surface area contributed by atoms with Crippen LogP contribution in [0.2, 0.25) is 0 Å². The zero-order valence-electron chi connectivity index (χ0n) is 8.23. The first-order valence-corrected chi connectivity index (χ1v) is 4.49. The van der Waals surface area contributed by atoms with Gasteiger partial charge in [-0.3, -0.25) is 9.48 Å². The first-order valence-electron chi connectivity index (χ1n) is 4.49. The number of aliphatic carboxylic acids is 1. The molecule has 0 aliphatic heterocycles. The molecule has 1 aromatic heterocycles. The highest BCUT2D eigenvalue weighted by molar-refractivity contribution is 5.66. The Morgan fingerprint density at radius 2 is 2.43 bits per heavy atom. The Morgan fingerprint density at radius 3 is 2.93 bits per heavy atom. The number of carboxylic acid groups (broad SMARTS) is 1. The van der Waals surface area contributed by atoms with Crippen molar-refractivity contribution in [2.24, 2.45) is 0 Å². The Morgan fingerprint density at radius 1 is 1.71 bits per heavy atom. The van der Waals surface area contributed by atoms with Crippen molar-refractivity contribution in [1.82, 2.24) is 9.78 Å². The van der Waals surface area contributed by atoms with Crippen LogP contribution in [0.15, 0.2) is 19.0 Å². The van der Waals surface area contributed by atoms with Crippen molar-refractivity contribution in [3.8, 4) is 0 Å². The summed E-state index contributed by atoms with van der Waals surface area (Å²) in [5.74, 6) is -0.766. The second kappa shape index (κ2) is 4.60. The number of carbonyl (C=O) groups is 1. The molecule has 0 aliphatic carbocycles. The van der Waals surface area contributed by atoms with Crippen LogP contribution in [0.3, 0.4) is 0 Å². The van der Waals surface area contributed by atoms with Crippen LogP contribution in [0.1, 0.15) is 25.3 Å². The Hall–Kier alpha value is -1.58. The molecular formula is C10H14N2O2. The van der Waals surface area contributed by atoms with E-state index < -0.39 is 5.97 Å². The van der Waals surface area contributed by atoms with Gasteiger partial charge in [-0.15, -0.1) is 0 Å². The highest BCUT2D eigenvalue weighted by Crippen LogP contribution is 2.09. The van der Waals surface area contributed by atoms with Gasteiger partial charge < -0.3 is 5.11 Å². The molecular weight excluding hydrogens is 180 g/mol. The lowest BCUT2D eigenvalue weighted by atomic mass is 10.2. The highest BCUT2D eigenvalue weighted by atomic mass is 16.4. The van der Waals surface area contributed by atoms with Gasteiger partial charge in [-0.2, -0.15) is 5.10 Å². The molecule has 76 valence electrons. The zero-order chi connectivity index (χ0) is 10.6. The van der Waals surface area contributed by atoms with E-state index in [1.54, 1.807) is 10.9 Å². The summed E-state index contributed by atoms with van der Waals surface area (Å²) in [4.78, 5) is 10.3. The molecule has 1 aromatic rings. The number of hydrogen-bond donors (Lipinski definition) is 1. The number of allylic oxidation sites excluding steroid dienone is 1. The maximum Gasteiger partial charge on any atom is 0.303 e. The molecule has 4 heteroatoms. The van der Waals surface area contributed by atoms with Gasteiger partial charge in [-0.1, -0.05) is 6.58 Å². The van der Waals surface area contributed by atoms with Gasteiger partial charge in [0.1, 0.15) is 0 Å². The Balaban J connectivity index is 2.44. The molecule has 4 nitrogen and oxygen atoms in total. The lowest BCUT2D eigenvalue weighted by molar-refractivity contribution is -0.137. The molecule has 0 aliphatic rings. The van der Waals surface area contributed by atoms with Crippen molar-refractivity contribution < 1.29 is 9.90 Å². The Bertz CT molecular complexity index is 342. The van der Waals surface area contributed by atoms with Crippen LogP contribution in [0.5, 0.6) is 0 Å². The van der Waals surface area contributed by atoms with Crippen LogP contribution in [0, 0.1) is 0 Å². The third kappa shape index (κ3) is 3.05. The summed E-state index contributed by atoms with van der Waals surface area (Å²) in [6.07, 6.45) is 4.40. The molecule has 1 N–H and O–H groups in total.